The third-order valence-corrected chi connectivity index (χ3v) is 2.65. The Bertz CT molecular complexity index is 331. The smallest absolute Gasteiger partial charge is 0.476 e. The highest BCUT2D eigenvalue weighted by molar-refractivity contribution is 5.72. The Balaban J connectivity index is 4.20. The first-order valence-electron chi connectivity index (χ1n) is 7.11. The van der Waals surface area contributed by atoms with Crippen molar-refractivity contribution in [3.63, 3.8) is 0 Å². The van der Waals surface area contributed by atoms with Crippen molar-refractivity contribution in [1.29, 1.82) is 0 Å². The van der Waals surface area contributed by atoms with Crippen molar-refractivity contribution >= 4 is 12.1 Å². The number of aliphatic carboxylic acids is 1. The number of nitrogens with one attached hydrogen (secondary N) is 1. The van der Waals surface area contributed by atoms with Crippen LogP contribution in [0.25, 0.3) is 0 Å². The number of aliphatic hydroxyl groups excluding tert-OH is 1. The number of hydrogen-bond acceptors (Lipinski definition) is 2. The van der Waals surface area contributed by atoms with Gasteiger partial charge in [-0.2, -0.15) is 4.99 Å². The number of unbranched alkanes of at least 4 members (excludes halogenated alkanes) is 4. The molecule has 0 bridgehead atoms. The molecule has 0 saturated heterocycles. The van der Waals surface area contributed by atoms with Gasteiger partial charge in [-0.25, -0.2) is 4.79 Å². The molecule has 0 spiro atoms. The van der Waals surface area contributed by atoms with Crippen LogP contribution < -0.4 is 4.99 Å². The average molecular weight is 286 g/mol. The summed E-state index contributed by atoms with van der Waals surface area (Å²) in [4.78, 5) is 13.6. The van der Waals surface area contributed by atoms with Gasteiger partial charge in [-0.15, -0.1) is 6.58 Å². The highest BCUT2D eigenvalue weighted by Crippen LogP contribution is 2.07. The van der Waals surface area contributed by atoms with Gasteiger partial charge in [0.25, 0.3) is 6.04 Å². The van der Waals surface area contributed by atoms with E-state index in [1.54, 1.807) is 20.8 Å². The summed E-state index contributed by atoms with van der Waals surface area (Å²) < 4.78 is 5.16. The standard InChI is InChI=1S/C15H27NO4/c1-5-6-7-8-9-10-11-12(13(17)18)16-14(19)20-15(2,3)4/h5,12H,1,6-11H2,2-4H3,(H,16,19)(H,17,18)/p+1/t12-/m0/s1. The van der Waals surface area contributed by atoms with E-state index in [4.69, 9.17) is 9.84 Å². The van der Waals surface area contributed by atoms with Gasteiger partial charge in [0.2, 0.25) is 0 Å². The molecule has 116 valence electrons. The van der Waals surface area contributed by atoms with Crippen LogP contribution in [-0.4, -0.2) is 33.9 Å². The number of hydrogen-bond donors (Lipinski definition) is 3. The molecule has 0 saturated carbocycles. The largest absolute Gasteiger partial charge is 0.546 e. The molecule has 0 aliphatic carbocycles. The zero-order valence-electron chi connectivity index (χ0n) is 12.8. The number of carboxylic acid groups (broad SMARTS) is 1. The maximum absolute atomic E-state index is 11.1. The monoisotopic (exact) mass is 286 g/mol. The van der Waals surface area contributed by atoms with E-state index < -0.39 is 23.7 Å². The Morgan fingerprint density at radius 1 is 1.25 bits per heavy atom. The molecule has 5 heteroatoms. The van der Waals surface area contributed by atoms with E-state index in [-0.39, 0.29) is 0 Å². The van der Waals surface area contributed by atoms with Gasteiger partial charge in [-0.05, 0) is 40.0 Å². The van der Waals surface area contributed by atoms with Gasteiger partial charge in [0.15, 0.2) is 0 Å². The van der Waals surface area contributed by atoms with Crippen LogP contribution in [0.2, 0.25) is 0 Å². The minimum Gasteiger partial charge on any atom is -0.476 e. The van der Waals surface area contributed by atoms with Crippen LogP contribution >= 0.6 is 0 Å². The molecule has 0 fully saturated rings. The number of ether oxygens (including phenoxy) is 1. The predicted octanol–water partition coefficient (Wildman–Crippen LogP) is 1.78. The first-order valence-corrected chi connectivity index (χ1v) is 7.11. The van der Waals surface area contributed by atoms with E-state index in [0.29, 0.717) is 6.42 Å². The Morgan fingerprint density at radius 2 is 1.85 bits per heavy atom. The molecule has 0 rings (SSSR count). The first-order chi connectivity index (χ1) is 9.26. The fraction of sp³-hybridized carbons (Fsp3) is 0.733. The molecule has 0 amide bonds. The van der Waals surface area contributed by atoms with E-state index in [2.05, 4.69) is 11.6 Å². The molecule has 0 unspecified atom stereocenters. The van der Waals surface area contributed by atoms with Gasteiger partial charge in [0, 0.05) is 6.42 Å². The molecule has 0 aliphatic heterocycles. The van der Waals surface area contributed by atoms with Gasteiger partial charge < -0.3 is 14.9 Å². The van der Waals surface area contributed by atoms with Crippen LogP contribution in [-0.2, 0) is 9.53 Å². The molecule has 20 heavy (non-hydrogen) atoms. The topological polar surface area (TPSA) is 80.7 Å². The molecular weight excluding hydrogens is 258 g/mol. The predicted molar refractivity (Wildman–Crippen MR) is 78.8 cm³/mol. The zero-order valence-corrected chi connectivity index (χ0v) is 12.8. The molecule has 0 radical (unpaired) electrons. The minimum atomic E-state index is -0.986. The fourth-order valence-electron chi connectivity index (χ4n) is 1.72. The van der Waals surface area contributed by atoms with E-state index in [1.807, 2.05) is 6.08 Å². The summed E-state index contributed by atoms with van der Waals surface area (Å²) in [5.74, 6) is -0.986. The summed E-state index contributed by atoms with van der Waals surface area (Å²) in [6, 6.07) is -0.822. The maximum atomic E-state index is 11.1. The summed E-state index contributed by atoms with van der Waals surface area (Å²) in [6.45, 7) is 8.99. The normalized spacial score (nSPS) is 13.8. The van der Waals surface area contributed by atoms with Crippen molar-refractivity contribution in [2.75, 3.05) is 0 Å². The Morgan fingerprint density at radius 3 is 2.35 bits per heavy atom. The summed E-state index contributed by atoms with van der Waals surface area (Å²) in [6.07, 6.45) is 6.82. The molecule has 0 aromatic heterocycles. The molecule has 5 nitrogen and oxygen atoms in total. The van der Waals surface area contributed by atoms with Crippen LogP contribution in [0.1, 0.15) is 59.3 Å². The van der Waals surface area contributed by atoms with Crippen molar-refractivity contribution < 1.29 is 24.7 Å². The third kappa shape index (κ3) is 10.4. The van der Waals surface area contributed by atoms with E-state index in [9.17, 15) is 9.90 Å². The van der Waals surface area contributed by atoms with Crippen molar-refractivity contribution in [2.24, 2.45) is 0 Å². The van der Waals surface area contributed by atoms with Crippen LogP contribution in [0.4, 0.5) is 0 Å². The average Bonchev–Trinajstić information content (AvgIpc) is 2.29. The Labute approximate surface area is 121 Å². The van der Waals surface area contributed by atoms with Crippen molar-refractivity contribution in [3.8, 4) is 0 Å². The van der Waals surface area contributed by atoms with Crippen molar-refractivity contribution in [2.45, 2.75) is 70.9 Å². The van der Waals surface area contributed by atoms with Gasteiger partial charge >= 0.3 is 12.1 Å². The number of allylic oxidation sites excluding steroid dienone is 1. The third-order valence-electron chi connectivity index (χ3n) is 2.65. The second-order valence-corrected chi connectivity index (χ2v) is 5.83. The molecule has 3 N–H and O–H groups in total. The van der Waals surface area contributed by atoms with Gasteiger partial charge in [-0.1, -0.05) is 18.9 Å². The Hall–Kier alpha value is -1.52. The lowest BCUT2D eigenvalue weighted by Crippen LogP contribution is -2.83. The first kappa shape index (κ1) is 18.5. The highest BCUT2D eigenvalue weighted by atomic mass is 16.6. The lowest BCUT2D eigenvalue weighted by Gasteiger charge is -2.16. The molecule has 0 aliphatic rings. The van der Waals surface area contributed by atoms with Crippen LogP contribution in [0.15, 0.2) is 12.7 Å². The van der Waals surface area contributed by atoms with E-state index in [0.717, 1.165) is 32.1 Å². The molecular formula is C15H28NO4+. The SMILES string of the molecule is C=CCCCCCC[C@H]([NH+]=C(O)OC(C)(C)C)C(=O)O. The van der Waals surface area contributed by atoms with Crippen molar-refractivity contribution in [1.82, 2.24) is 0 Å². The number of rotatable bonds is 9. The fourth-order valence-corrected chi connectivity index (χ4v) is 1.72. The second-order valence-electron chi connectivity index (χ2n) is 5.83. The zero-order chi connectivity index (χ0) is 15.6. The van der Waals surface area contributed by atoms with E-state index >= 15 is 0 Å². The van der Waals surface area contributed by atoms with Gasteiger partial charge in [0.1, 0.15) is 5.60 Å². The summed E-state index contributed by atoms with van der Waals surface area (Å²) in [5.41, 5.74) is -0.565. The lowest BCUT2D eigenvalue weighted by atomic mass is 10.1. The van der Waals surface area contributed by atoms with E-state index in [1.165, 1.54) is 0 Å². The van der Waals surface area contributed by atoms with Crippen LogP contribution in [0.5, 0.6) is 0 Å². The molecule has 0 aromatic rings. The van der Waals surface area contributed by atoms with Gasteiger partial charge in [0.05, 0.1) is 0 Å². The molecule has 0 heterocycles. The maximum Gasteiger partial charge on any atom is 0.546 e. The second kappa shape index (κ2) is 9.39. The van der Waals surface area contributed by atoms with Gasteiger partial charge in [-0.3, -0.25) is 0 Å². The molecule has 1 atom stereocenters. The van der Waals surface area contributed by atoms with Crippen molar-refractivity contribution in [3.05, 3.63) is 12.7 Å². The van der Waals surface area contributed by atoms with Crippen LogP contribution in [0.3, 0.4) is 0 Å². The highest BCUT2D eigenvalue weighted by Gasteiger charge is 2.26. The summed E-state index contributed by atoms with van der Waals surface area (Å²) in [7, 11) is 0. The van der Waals surface area contributed by atoms with Crippen LogP contribution in [0, 0.1) is 0 Å². The number of carbonyl (C=O) groups is 1. The lowest BCUT2D eigenvalue weighted by molar-refractivity contribution is -0.512. The summed E-state index contributed by atoms with van der Waals surface area (Å²) >= 11 is 0. The number of aliphatic hydroxyl groups is 1. The molecule has 0 aromatic carbocycles. The minimum absolute atomic E-state index is 0.434. The number of carboxylic acids is 1. The quantitative estimate of drug-likeness (QED) is 0.261. The Kier molecular flexibility index (Phi) is 8.68. The summed E-state index contributed by atoms with van der Waals surface area (Å²) in [5, 5.41) is 18.7.